The van der Waals surface area contributed by atoms with Crippen molar-refractivity contribution in [3.05, 3.63) is 35.4 Å². The normalized spacial score (nSPS) is 16.4. The van der Waals surface area contributed by atoms with Gasteiger partial charge < -0.3 is 10.2 Å². The van der Waals surface area contributed by atoms with Crippen LogP contribution in [0.3, 0.4) is 0 Å². The molecule has 0 atom stereocenters. The molecule has 0 spiro atoms. The molecule has 1 amide bonds. The van der Waals surface area contributed by atoms with Gasteiger partial charge >= 0.3 is 0 Å². The maximum atomic E-state index is 12.3. The summed E-state index contributed by atoms with van der Waals surface area (Å²) in [4.78, 5) is 14.3. The first-order valence-electron chi connectivity index (χ1n) is 7.67. The number of nitrogens with one attached hydrogen (secondary N) is 1. The number of amides is 1. The zero-order valence-electron chi connectivity index (χ0n) is 12.7. The van der Waals surface area contributed by atoms with Gasteiger partial charge in [0.1, 0.15) is 0 Å². The van der Waals surface area contributed by atoms with Gasteiger partial charge in [-0.1, -0.05) is 24.3 Å². The number of carbonyl (C=O) groups excluding carboxylic acids is 1. The highest BCUT2D eigenvalue weighted by Crippen LogP contribution is 2.18. The van der Waals surface area contributed by atoms with Crippen LogP contribution in [0.15, 0.2) is 24.3 Å². The van der Waals surface area contributed by atoms with Crippen molar-refractivity contribution in [3.8, 4) is 0 Å². The zero-order chi connectivity index (χ0) is 14.4. The van der Waals surface area contributed by atoms with Crippen LogP contribution in [0.25, 0.3) is 0 Å². The molecule has 1 fully saturated rings. The van der Waals surface area contributed by atoms with Crippen molar-refractivity contribution < 1.29 is 4.79 Å². The minimum absolute atomic E-state index is 0.316. The Labute approximate surface area is 122 Å². The maximum Gasteiger partial charge on any atom is 0.222 e. The predicted molar refractivity (Wildman–Crippen MR) is 82.7 cm³/mol. The summed E-state index contributed by atoms with van der Waals surface area (Å²) < 4.78 is 0. The summed E-state index contributed by atoms with van der Waals surface area (Å²) in [6, 6.07) is 8.34. The monoisotopic (exact) mass is 274 g/mol. The Balaban J connectivity index is 1.77. The quantitative estimate of drug-likeness (QED) is 0.894. The van der Waals surface area contributed by atoms with Crippen LogP contribution < -0.4 is 5.32 Å². The third-order valence-corrected chi connectivity index (χ3v) is 4.33. The van der Waals surface area contributed by atoms with E-state index in [1.54, 1.807) is 0 Å². The molecular weight excluding hydrogens is 248 g/mol. The topological polar surface area (TPSA) is 32.3 Å². The van der Waals surface area contributed by atoms with Crippen LogP contribution in [0, 0.1) is 12.8 Å². The van der Waals surface area contributed by atoms with E-state index in [9.17, 15) is 4.79 Å². The Morgan fingerprint density at radius 3 is 2.65 bits per heavy atom. The van der Waals surface area contributed by atoms with Gasteiger partial charge in [0.2, 0.25) is 5.91 Å². The van der Waals surface area contributed by atoms with E-state index in [-0.39, 0.29) is 0 Å². The van der Waals surface area contributed by atoms with Crippen molar-refractivity contribution in [1.82, 2.24) is 10.2 Å². The number of hydrogen-bond donors (Lipinski definition) is 1. The second kappa shape index (κ2) is 7.44. The van der Waals surface area contributed by atoms with Crippen LogP contribution in [-0.2, 0) is 11.2 Å². The average molecular weight is 274 g/mol. The molecule has 110 valence electrons. The summed E-state index contributed by atoms with van der Waals surface area (Å²) in [5.41, 5.74) is 2.58. The van der Waals surface area contributed by atoms with Crippen molar-refractivity contribution in [2.45, 2.75) is 32.6 Å². The number of piperidine rings is 1. The number of carbonyl (C=O) groups is 1. The minimum Gasteiger partial charge on any atom is -0.343 e. The molecule has 1 aromatic carbocycles. The van der Waals surface area contributed by atoms with E-state index in [1.165, 1.54) is 11.1 Å². The molecule has 0 aromatic heterocycles. The molecule has 3 nitrogen and oxygen atoms in total. The molecule has 0 aliphatic carbocycles. The highest BCUT2D eigenvalue weighted by Gasteiger charge is 2.21. The lowest BCUT2D eigenvalue weighted by Gasteiger charge is -2.32. The number of nitrogens with zero attached hydrogens (tertiary/aromatic N) is 1. The van der Waals surface area contributed by atoms with Gasteiger partial charge in [0.25, 0.3) is 0 Å². The molecule has 0 radical (unpaired) electrons. The predicted octanol–water partition coefficient (Wildman–Crippen LogP) is 2.39. The summed E-state index contributed by atoms with van der Waals surface area (Å²) in [5.74, 6) is 1.05. The second-order valence-electron chi connectivity index (χ2n) is 5.81. The standard InChI is InChI=1S/C17H26N2O/c1-14-5-3-4-6-16(14)7-8-17(20)19-11-9-15(10-12-19)13-18-2/h3-6,15,18H,7-13H2,1-2H3. The van der Waals surface area contributed by atoms with Gasteiger partial charge in [-0.15, -0.1) is 0 Å². The number of likely N-dealkylation sites (tertiary alicyclic amines) is 1. The fraction of sp³-hybridized carbons (Fsp3) is 0.588. The molecule has 1 heterocycles. The van der Waals surface area contributed by atoms with Gasteiger partial charge in [-0.3, -0.25) is 4.79 Å². The third-order valence-electron chi connectivity index (χ3n) is 4.33. The van der Waals surface area contributed by atoms with Crippen molar-refractivity contribution in [1.29, 1.82) is 0 Å². The smallest absolute Gasteiger partial charge is 0.222 e. The Kier molecular flexibility index (Phi) is 5.60. The van der Waals surface area contributed by atoms with Gasteiger partial charge in [-0.05, 0) is 56.8 Å². The molecule has 1 saturated heterocycles. The molecule has 0 unspecified atom stereocenters. The van der Waals surface area contributed by atoms with Gasteiger partial charge in [0.05, 0.1) is 0 Å². The second-order valence-corrected chi connectivity index (χ2v) is 5.81. The highest BCUT2D eigenvalue weighted by atomic mass is 16.2. The molecule has 0 saturated carbocycles. The van der Waals surface area contributed by atoms with Gasteiger partial charge in [0.15, 0.2) is 0 Å². The molecule has 1 N–H and O–H groups in total. The molecular formula is C17H26N2O. The summed E-state index contributed by atoms with van der Waals surface area (Å²) in [5, 5.41) is 3.23. The zero-order valence-corrected chi connectivity index (χ0v) is 12.7. The lowest BCUT2D eigenvalue weighted by Crippen LogP contribution is -2.40. The summed E-state index contributed by atoms with van der Waals surface area (Å²) >= 11 is 0. The van der Waals surface area contributed by atoms with Gasteiger partial charge in [-0.25, -0.2) is 0 Å². The summed E-state index contributed by atoms with van der Waals surface area (Å²) in [6.45, 7) is 5.05. The summed E-state index contributed by atoms with van der Waals surface area (Å²) in [7, 11) is 2.00. The molecule has 1 aromatic rings. The van der Waals surface area contributed by atoms with Gasteiger partial charge in [0, 0.05) is 19.5 Å². The van der Waals surface area contributed by atoms with Crippen LogP contribution in [0.2, 0.25) is 0 Å². The maximum absolute atomic E-state index is 12.3. The lowest BCUT2D eigenvalue weighted by atomic mass is 9.96. The third kappa shape index (κ3) is 4.07. The molecule has 2 rings (SSSR count). The molecule has 1 aliphatic heterocycles. The van der Waals surface area contributed by atoms with E-state index in [0.717, 1.165) is 44.8 Å². The fourth-order valence-corrected chi connectivity index (χ4v) is 2.97. The van der Waals surface area contributed by atoms with Crippen molar-refractivity contribution in [3.63, 3.8) is 0 Å². The SMILES string of the molecule is CNCC1CCN(C(=O)CCc2ccccc2C)CC1. The van der Waals surface area contributed by atoms with E-state index in [2.05, 4.69) is 30.4 Å². The first kappa shape index (κ1) is 15.0. The van der Waals surface area contributed by atoms with Crippen molar-refractivity contribution >= 4 is 5.91 Å². The average Bonchev–Trinajstić information content (AvgIpc) is 2.47. The van der Waals surface area contributed by atoms with Crippen LogP contribution in [0.1, 0.15) is 30.4 Å². The molecule has 0 bridgehead atoms. The minimum atomic E-state index is 0.316. The Bertz CT molecular complexity index is 436. The number of benzene rings is 1. The number of hydrogen-bond acceptors (Lipinski definition) is 2. The lowest BCUT2D eigenvalue weighted by molar-refractivity contribution is -0.132. The Hall–Kier alpha value is -1.35. The first-order chi connectivity index (χ1) is 9.70. The number of aryl methyl sites for hydroxylation is 2. The highest BCUT2D eigenvalue weighted by molar-refractivity contribution is 5.76. The van der Waals surface area contributed by atoms with Crippen molar-refractivity contribution in [2.75, 3.05) is 26.7 Å². The van der Waals surface area contributed by atoms with Crippen molar-refractivity contribution in [2.24, 2.45) is 5.92 Å². The molecule has 20 heavy (non-hydrogen) atoms. The Morgan fingerprint density at radius 2 is 2.00 bits per heavy atom. The van der Waals surface area contributed by atoms with E-state index in [4.69, 9.17) is 0 Å². The van der Waals surface area contributed by atoms with E-state index in [1.807, 2.05) is 18.0 Å². The van der Waals surface area contributed by atoms with Crippen LogP contribution in [0.4, 0.5) is 0 Å². The van der Waals surface area contributed by atoms with Crippen LogP contribution >= 0.6 is 0 Å². The van der Waals surface area contributed by atoms with Crippen LogP contribution in [-0.4, -0.2) is 37.5 Å². The molecule has 1 aliphatic rings. The largest absolute Gasteiger partial charge is 0.343 e. The fourth-order valence-electron chi connectivity index (χ4n) is 2.97. The van der Waals surface area contributed by atoms with E-state index < -0.39 is 0 Å². The molecule has 3 heteroatoms. The van der Waals surface area contributed by atoms with Crippen LogP contribution in [0.5, 0.6) is 0 Å². The summed E-state index contributed by atoms with van der Waals surface area (Å²) in [6.07, 6.45) is 3.78. The van der Waals surface area contributed by atoms with E-state index in [0.29, 0.717) is 12.3 Å². The Morgan fingerprint density at radius 1 is 1.30 bits per heavy atom. The number of rotatable bonds is 5. The van der Waals surface area contributed by atoms with E-state index >= 15 is 0 Å². The first-order valence-corrected chi connectivity index (χ1v) is 7.67. The van der Waals surface area contributed by atoms with Gasteiger partial charge in [-0.2, -0.15) is 0 Å².